The van der Waals surface area contributed by atoms with Crippen molar-refractivity contribution in [3.05, 3.63) is 23.3 Å². The van der Waals surface area contributed by atoms with Gasteiger partial charge in [-0.05, 0) is 78.5 Å². The third kappa shape index (κ3) is 4.77. The SMILES string of the molecule is CO[C@@H]1/C(=C\C(=O)NCCC2CCCN2C)CC[C@]2(CO2)[C@H]1C1(C)O[C@@H]1CC=C(C)C. The number of hydrogen-bond donors (Lipinski definition) is 1. The van der Waals surface area contributed by atoms with E-state index in [9.17, 15) is 4.79 Å². The molecular weight excluding hydrogens is 392 g/mol. The van der Waals surface area contributed by atoms with Crippen LogP contribution in [-0.2, 0) is 19.0 Å². The first-order chi connectivity index (χ1) is 14.8. The van der Waals surface area contributed by atoms with Crippen LogP contribution in [-0.4, -0.2) is 74.1 Å². The molecule has 31 heavy (non-hydrogen) atoms. The van der Waals surface area contributed by atoms with E-state index in [4.69, 9.17) is 14.2 Å². The third-order valence-corrected chi connectivity index (χ3v) is 7.94. The Morgan fingerprint density at radius 2 is 2.16 bits per heavy atom. The number of epoxide rings is 2. The van der Waals surface area contributed by atoms with E-state index in [0.29, 0.717) is 6.04 Å². The number of methoxy groups -OCH3 is 1. The first-order valence-corrected chi connectivity index (χ1v) is 12.0. The number of amides is 1. The topological polar surface area (TPSA) is 66.6 Å². The van der Waals surface area contributed by atoms with E-state index in [2.05, 4.69) is 44.1 Å². The number of likely N-dealkylation sites (tertiary alicyclic amines) is 1. The lowest BCUT2D eigenvalue weighted by molar-refractivity contribution is -0.116. The second kappa shape index (κ2) is 8.97. The molecule has 1 amide bonds. The average Bonchev–Trinajstić information content (AvgIpc) is 3.59. The number of hydrogen-bond acceptors (Lipinski definition) is 5. The maximum absolute atomic E-state index is 12.7. The quantitative estimate of drug-likeness (QED) is 0.362. The van der Waals surface area contributed by atoms with Gasteiger partial charge in [0.15, 0.2) is 0 Å². The van der Waals surface area contributed by atoms with Crippen LogP contribution in [0.1, 0.15) is 59.3 Å². The largest absolute Gasteiger partial charge is 0.377 e. The smallest absolute Gasteiger partial charge is 0.244 e. The molecule has 6 nitrogen and oxygen atoms in total. The maximum atomic E-state index is 12.7. The fraction of sp³-hybridized carbons (Fsp3) is 0.800. The zero-order chi connectivity index (χ0) is 22.2. The lowest BCUT2D eigenvalue weighted by atomic mass is 9.67. The summed E-state index contributed by atoms with van der Waals surface area (Å²) in [5.41, 5.74) is 1.95. The molecule has 2 unspecified atom stereocenters. The minimum atomic E-state index is -0.272. The van der Waals surface area contributed by atoms with Crippen molar-refractivity contribution < 1.29 is 19.0 Å². The van der Waals surface area contributed by atoms with Gasteiger partial charge in [0.25, 0.3) is 0 Å². The Bertz CT molecular complexity index is 740. The summed E-state index contributed by atoms with van der Waals surface area (Å²) in [5.74, 6) is 0.104. The van der Waals surface area contributed by atoms with Crippen molar-refractivity contribution in [3.8, 4) is 0 Å². The van der Waals surface area contributed by atoms with Gasteiger partial charge in [-0.15, -0.1) is 0 Å². The highest BCUT2D eigenvalue weighted by Crippen LogP contribution is 2.60. The van der Waals surface area contributed by atoms with E-state index in [-0.39, 0.29) is 35.2 Å². The first-order valence-electron chi connectivity index (χ1n) is 12.0. The fourth-order valence-corrected chi connectivity index (χ4v) is 5.92. The molecule has 1 N–H and O–H groups in total. The number of carbonyl (C=O) groups excluding carboxylic acids is 1. The van der Waals surface area contributed by atoms with Gasteiger partial charge in [-0.1, -0.05) is 11.6 Å². The van der Waals surface area contributed by atoms with Gasteiger partial charge >= 0.3 is 0 Å². The number of allylic oxidation sites excluding steroid dienone is 1. The lowest BCUT2D eigenvalue weighted by Crippen LogP contribution is -2.50. The molecule has 4 fully saturated rings. The molecule has 0 aromatic heterocycles. The molecule has 3 heterocycles. The van der Waals surface area contributed by atoms with E-state index >= 15 is 0 Å². The number of rotatable bonds is 8. The van der Waals surface area contributed by atoms with Crippen molar-refractivity contribution in [2.24, 2.45) is 5.92 Å². The van der Waals surface area contributed by atoms with Crippen LogP contribution in [0.4, 0.5) is 0 Å². The van der Waals surface area contributed by atoms with Crippen LogP contribution >= 0.6 is 0 Å². The van der Waals surface area contributed by atoms with Crippen molar-refractivity contribution in [2.75, 3.05) is 33.9 Å². The van der Waals surface area contributed by atoms with Crippen LogP contribution < -0.4 is 5.32 Å². The summed E-state index contributed by atoms with van der Waals surface area (Å²) in [6.07, 6.45) is 10.2. The molecule has 1 spiro atoms. The number of nitrogens with one attached hydrogen (secondary N) is 1. The van der Waals surface area contributed by atoms with Crippen LogP contribution in [0.15, 0.2) is 23.3 Å². The Morgan fingerprint density at radius 3 is 2.77 bits per heavy atom. The van der Waals surface area contributed by atoms with E-state index in [1.807, 2.05) is 0 Å². The van der Waals surface area contributed by atoms with Crippen LogP contribution in [0.25, 0.3) is 0 Å². The summed E-state index contributed by atoms with van der Waals surface area (Å²) in [5, 5.41) is 3.10. The minimum Gasteiger partial charge on any atom is -0.377 e. The van der Waals surface area contributed by atoms with Crippen LogP contribution in [0, 0.1) is 5.92 Å². The average molecular weight is 433 g/mol. The molecule has 1 aliphatic carbocycles. The standard InChI is InChI=1S/C25H40N2O4/c1-17(2)8-9-20-24(3,31-20)23-22(29-5)18(10-12-25(23)16-30-25)15-21(28)26-13-11-19-7-6-14-27(19)4/h8,15,19-20,22-23H,6-7,9-14,16H2,1-5H3,(H,26,28)/b18-15-/t19?,20-,22-,23-,24?,25+/m1/s1. The monoisotopic (exact) mass is 432 g/mol. The summed E-state index contributed by atoms with van der Waals surface area (Å²) < 4.78 is 18.3. The highest BCUT2D eigenvalue weighted by molar-refractivity contribution is 5.88. The zero-order valence-electron chi connectivity index (χ0n) is 19.9. The Hall–Kier alpha value is -1.21. The highest BCUT2D eigenvalue weighted by Gasteiger charge is 2.71. The van der Waals surface area contributed by atoms with Crippen LogP contribution in [0.3, 0.4) is 0 Å². The van der Waals surface area contributed by atoms with Crippen molar-refractivity contribution >= 4 is 5.91 Å². The van der Waals surface area contributed by atoms with Crippen molar-refractivity contribution in [2.45, 2.75) is 88.7 Å². The number of nitrogens with zero attached hydrogens (tertiary/aromatic N) is 1. The molecule has 1 saturated carbocycles. The van der Waals surface area contributed by atoms with Gasteiger partial charge in [-0.3, -0.25) is 4.79 Å². The van der Waals surface area contributed by atoms with Gasteiger partial charge in [0, 0.05) is 25.8 Å². The Morgan fingerprint density at radius 1 is 1.39 bits per heavy atom. The molecule has 0 bridgehead atoms. The van der Waals surface area contributed by atoms with Gasteiger partial charge in [0.1, 0.15) is 11.2 Å². The molecule has 6 heteroatoms. The Labute approximate surface area is 187 Å². The predicted molar refractivity (Wildman–Crippen MR) is 121 cm³/mol. The van der Waals surface area contributed by atoms with E-state index in [1.165, 1.54) is 25.0 Å². The molecule has 0 aromatic rings. The Kier molecular flexibility index (Phi) is 6.64. The van der Waals surface area contributed by atoms with Crippen LogP contribution in [0.5, 0.6) is 0 Å². The van der Waals surface area contributed by atoms with Gasteiger partial charge < -0.3 is 24.4 Å². The third-order valence-electron chi connectivity index (χ3n) is 7.94. The molecule has 0 radical (unpaired) electrons. The number of ether oxygens (including phenoxy) is 3. The van der Waals surface area contributed by atoms with Crippen LogP contribution in [0.2, 0.25) is 0 Å². The Balaban J connectivity index is 1.40. The maximum Gasteiger partial charge on any atom is 0.244 e. The molecule has 0 aromatic carbocycles. The fourth-order valence-electron chi connectivity index (χ4n) is 5.92. The zero-order valence-corrected chi connectivity index (χ0v) is 19.9. The van der Waals surface area contributed by atoms with Gasteiger partial charge in [0.2, 0.25) is 5.91 Å². The van der Waals surface area contributed by atoms with Crippen molar-refractivity contribution in [1.29, 1.82) is 0 Å². The first kappa shape index (κ1) is 23.0. The molecular formula is C25H40N2O4. The van der Waals surface area contributed by atoms with Gasteiger partial charge in [-0.2, -0.15) is 0 Å². The second-order valence-corrected chi connectivity index (χ2v) is 10.4. The molecule has 4 rings (SSSR count). The summed E-state index contributed by atoms with van der Waals surface area (Å²) in [7, 11) is 3.92. The second-order valence-electron chi connectivity index (χ2n) is 10.4. The minimum absolute atomic E-state index is 0.00734. The van der Waals surface area contributed by atoms with Crippen molar-refractivity contribution in [3.63, 3.8) is 0 Å². The molecule has 3 aliphatic heterocycles. The normalized spacial score (nSPS) is 40.9. The predicted octanol–water partition coefficient (Wildman–Crippen LogP) is 3.22. The van der Waals surface area contributed by atoms with Crippen molar-refractivity contribution in [1.82, 2.24) is 10.2 Å². The molecule has 4 aliphatic rings. The summed E-state index contributed by atoms with van der Waals surface area (Å²) in [6, 6.07) is 0.593. The summed E-state index contributed by atoms with van der Waals surface area (Å²) in [4.78, 5) is 15.1. The summed E-state index contributed by atoms with van der Waals surface area (Å²) in [6.45, 7) is 9.08. The lowest BCUT2D eigenvalue weighted by Gasteiger charge is -2.40. The molecule has 3 saturated heterocycles. The molecule has 6 atom stereocenters. The highest BCUT2D eigenvalue weighted by atomic mass is 16.6. The van der Waals surface area contributed by atoms with E-state index in [1.54, 1.807) is 13.2 Å². The van der Waals surface area contributed by atoms with E-state index in [0.717, 1.165) is 44.4 Å². The van der Waals surface area contributed by atoms with Gasteiger partial charge in [-0.25, -0.2) is 0 Å². The summed E-state index contributed by atoms with van der Waals surface area (Å²) >= 11 is 0. The molecule has 174 valence electrons. The van der Waals surface area contributed by atoms with E-state index < -0.39 is 0 Å². The van der Waals surface area contributed by atoms with Gasteiger partial charge in [0.05, 0.1) is 24.7 Å². The number of carbonyl (C=O) groups is 1.